The molecule has 0 radical (unpaired) electrons. The second kappa shape index (κ2) is 6.15. The van der Waals surface area contributed by atoms with Crippen LogP contribution in [0.4, 0.5) is 0 Å². The van der Waals surface area contributed by atoms with Crippen molar-refractivity contribution in [2.24, 2.45) is 0 Å². The zero-order valence-electron chi connectivity index (χ0n) is 12.1. The Bertz CT molecular complexity index is 493. The Morgan fingerprint density at radius 3 is 2.55 bits per heavy atom. The first kappa shape index (κ1) is 15.3. The van der Waals surface area contributed by atoms with Crippen molar-refractivity contribution in [3.8, 4) is 0 Å². The number of allylic oxidation sites excluding steroid dienone is 2. The van der Waals surface area contributed by atoms with Gasteiger partial charge in [0.05, 0.1) is 5.60 Å². The molecule has 108 valence electrons. The molecule has 0 saturated heterocycles. The predicted molar refractivity (Wildman–Crippen MR) is 83.9 cm³/mol. The number of aliphatic hydroxyl groups is 1. The molecule has 1 saturated carbocycles. The van der Waals surface area contributed by atoms with E-state index in [1.54, 1.807) is 6.92 Å². The minimum absolute atomic E-state index is 0.164. The average Bonchev–Trinajstić information content (AvgIpc) is 2.65. The van der Waals surface area contributed by atoms with Gasteiger partial charge in [-0.25, -0.2) is 0 Å². The van der Waals surface area contributed by atoms with Gasteiger partial charge >= 0.3 is 0 Å². The summed E-state index contributed by atoms with van der Waals surface area (Å²) in [5.41, 5.74) is -0.956. The molecule has 0 aliphatic heterocycles. The van der Waals surface area contributed by atoms with E-state index in [-0.39, 0.29) is 5.78 Å². The summed E-state index contributed by atoms with van der Waals surface area (Å²) in [5, 5.41) is 10.8. The predicted octanol–water partition coefficient (Wildman–Crippen LogP) is 3.99. The van der Waals surface area contributed by atoms with Crippen LogP contribution in [-0.4, -0.2) is 21.2 Å². The first-order valence-electron chi connectivity index (χ1n) is 7.16. The smallest absolute Gasteiger partial charge is 0.152 e. The topological polar surface area (TPSA) is 37.3 Å². The summed E-state index contributed by atoms with van der Waals surface area (Å²) in [4.78, 5) is 13.5. The Morgan fingerprint density at radius 1 is 1.30 bits per heavy atom. The molecule has 0 bridgehead atoms. The van der Waals surface area contributed by atoms with E-state index < -0.39 is 10.3 Å². The van der Waals surface area contributed by atoms with Gasteiger partial charge in [0.15, 0.2) is 5.78 Å². The van der Waals surface area contributed by atoms with Gasteiger partial charge in [0.25, 0.3) is 0 Å². The fraction of sp³-hybridized carbons (Fsp3) is 0.471. The molecule has 0 amide bonds. The Morgan fingerprint density at radius 2 is 2.00 bits per heavy atom. The van der Waals surface area contributed by atoms with Crippen molar-refractivity contribution in [3.63, 3.8) is 0 Å². The number of carbonyl (C=O) groups excluding carboxylic acids is 1. The van der Waals surface area contributed by atoms with Crippen LogP contribution in [0.25, 0.3) is 0 Å². The lowest BCUT2D eigenvalue weighted by atomic mass is 9.88. The van der Waals surface area contributed by atoms with E-state index in [0.717, 1.165) is 11.3 Å². The summed E-state index contributed by atoms with van der Waals surface area (Å²) in [6, 6.07) is 9.88. The molecular formula is C17H22O2S. The molecule has 20 heavy (non-hydrogen) atoms. The SMILES string of the molecule is CC/C=C\CC1(Sc2ccccc2)C(=O)CCC1(C)O. The lowest BCUT2D eigenvalue weighted by Gasteiger charge is -2.37. The summed E-state index contributed by atoms with van der Waals surface area (Å²) in [6.07, 6.45) is 6.65. The standard InChI is InChI=1S/C17H22O2S/c1-3-4-8-12-17(15(18)11-13-16(17,2)19)20-14-9-6-5-7-10-14/h4-10,19H,3,11-13H2,1-2H3/b8-4-. The number of hydrogen-bond acceptors (Lipinski definition) is 3. The van der Waals surface area contributed by atoms with Crippen LogP contribution in [0.1, 0.15) is 39.5 Å². The van der Waals surface area contributed by atoms with Crippen LogP contribution in [-0.2, 0) is 4.79 Å². The van der Waals surface area contributed by atoms with E-state index in [4.69, 9.17) is 0 Å². The fourth-order valence-corrected chi connectivity index (χ4v) is 4.12. The van der Waals surface area contributed by atoms with Gasteiger partial charge in [-0.3, -0.25) is 4.79 Å². The zero-order chi connectivity index (χ0) is 14.6. The van der Waals surface area contributed by atoms with Crippen LogP contribution in [0, 0.1) is 0 Å². The van der Waals surface area contributed by atoms with E-state index >= 15 is 0 Å². The summed E-state index contributed by atoms with van der Waals surface area (Å²) in [7, 11) is 0. The van der Waals surface area contributed by atoms with Gasteiger partial charge in [0.2, 0.25) is 0 Å². The van der Waals surface area contributed by atoms with Crippen molar-refractivity contribution in [3.05, 3.63) is 42.5 Å². The number of rotatable bonds is 5. The van der Waals surface area contributed by atoms with Crippen LogP contribution >= 0.6 is 11.8 Å². The summed E-state index contributed by atoms with van der Waals surface area (Å²) < 4.78 is -0.750. The summed E-state index contributed by atoms with van der Waals surface area (Å²) in [5.74, 6) is 0.164. The molecule has 1 aliphatic carbocycles. The van der Waals surface area contributed by atoms with Crippen molar-refractivity contribution < 1.29 is 9.90 Å². The van der Waals surface area contributed by atoms with E-state index in [1.807, 2.05) is 36.4 Å². The number of benzene rings is 1. The number of ketones is 1. The maximum Gasteiger partial charge on any atom is 0.152 e. The van der Waals surface area contributed by atoms with Crippen molar-refractivity contribution in [1.29, 1.82) is 0 Å². The van der Waals surface area contributed by atoms with Gasteiger partial charge < -0.3 is 5.11 Å². The summed E-state index contributed by atoms with van der Waals surface area (Å²) in [6.45, 7) is 3.87. The Hall–Kier alpha value is -1.06. The molecule has 1 aliphatic rings. The van der Waals surface area contributed by atoms with Crippen molar-refractivity contribution in [2.75, 3.05) is 0 Å². The number of Topliss-reactive ketones (excluding diaryl/α,β-unsaturated/α-hetero) is 1. The number of carbonyl (C=O) groups is 1. The van der Waals surface area contributed by atoms with Crippen LogP contribution in [0.3, 0.4) is 0 Å². The molecule has 2 nitrogen and oxygen atoms in total. The molecule has 1 aromatic rings. The van der Waals surface area contributed by atoms with Gasteiger partial charge in [-0.2, -0.15) is 0 Å². The molecule has 1 aromatic carbocycles. The second-order valence-corrected chi connectivity index (χ2v) is 6.90. The Kier molecular flexibility index (Phi) is 4.71. The minimum Gasteiger partial charge on any atom is -0.388 e. The molecular weight excluding hydrogens is 268 g/mol. The lowest BCUT2D eigenvalue weighted by molar-refractivity contribution is -0.121. The third kappa shape index (κ3) is 2.84. The molecule has 1 fully saturated rings. The lowest BCUT2D eigenvalue weighted by Crippen LogP contribution is -2.48. The molecule has 3 heteroatoms. The molecule has 2 atom stereocenters. The maximum atomic E-state index is 12.5. The molecule has 0 spiro atoms. The fourth-order valence-electron chi connectivity index (χ4n) is 2.71. The van der Waals surface area contributed by atoms with Crippen LogP contribution in [0.2, 0.25) is 0 Å². The van der Waals surface area contributed by atoms with Gasteiger partial charge in [0.1, 0.15) is 4.75 Å². The number of thioether (sulfide) groups is 1. The maximum absolute atomic E-state index is 12.5. The van der Waals surface area contributed by atoms with Gasteiger partial charge in [-0.15, -0.1) is 11.8 Å². The van der Waals surface area contributed by atoms with Crippen molar-refractivity contribution in [1.82, 2.24) is 0 Å². The van der Waals surface area contributed by atoms with Gasteiger partial charge in [-0.05, 0) is 38.3 Å². The largest absolute Gasteiger partial charge is 0.388 e. The highest BCUT2D eigenvalue weighted by atomic mass is 32.2. The second-order valence-electron chi connectivity index (χ2n) is 5.52. The highest BCUT2D eigenvalue weighted by molar-refractivity contribution is 8.01. The quantitative estimate of drug-likeness (QED) is 0.833. The van der Waals surface area contributed by atoms with Gasteiger partial charge in [0, 0.05) is 11.3 Å². The van der Waals surface area contributed by atoms with Crippen LogP contribution < -0.4 is 0 Å². The zero-order valence-corrected chi connectivity index (χ0v) is 13.0. The van der Waals surface area contributed by atoms with Crippen LogP contribution in [0.5, 0.6) is 0 Å². The third-order valence-corrected chi connectivity index (χ3v) is 5.69. The van der Waals surface area contributed by atoms with E-state index in [2.05, 4.69) is 13.0 Å². The first-order chi connectivity index (χ1) is 9.52. The van der Waals surface area contributed by atoms with Crippen molar-refractivity contribution in [2.45, 2.75) is 54.8 Å². The van der Waals surface area contributed by atoms with E-state index in [0.29, 0.717) is 19.3 Å². The Labute approximate surface area is 125 Å². The average molecular weight is 290 g/mol. The molecule has 0 heterocycles. The Balaban J connectivity index is 2.33. The first-order valence-corrected chi connectivity index (χ1v) is 7.98. The molecule has 2 rings (SSSR count). The minimum atomic E-state index is -0.956. The molecule has 0 aromatic heterocycles. The highest BCUT2D eigenvalue weighted by Crippen LogP contribution is 2.51. The third-order valence-electron chi connectivity index (χ3n) is 4.00. The molecule has 2 unspecified atom stereocenters. The van der Waals surface area contributed by atoms with E-state index in [1.165, 1.54) is 11.8 Å². The van der Waals surface area contributed by atoms with Gasteiger partial charge in [-0.1, -0.05) is 37.3 Å². The van der Waals surface area contributed by atoms with E-state index in [9.17, 15) is 9.90 Å². The van der Waals surface area contributed by atoms with Crippen molar-refractivity contribution >= 4 is 17.5 Å². The highest BCUT2D eigenvalue weighted by Gasteiger charge is 2.57. The monoisotopic (exact) mass is 290 g/mol. The number of hydrogen-bond donors (Lipinski definition) is 1. The normalized spacial score (nSPS) is 30.2. The van der Waals surface area contributed by atoms with Crippen LogP contribution in [0.15, 0.2) is 47.4 Å². The molecule has 1 N–H and O–H groups in total. The summed E-state index contributed by atoms with van der Waals surface area (Å²) >= 11 is 1.51.